The molecule has 0 aliphatic carbocycles. The van der Waals surface area contributed by atoms with Crippen LogP contribution in [0.5, 0.6) is 0 Å². The van der Waals surface area contributed by atoms with Crippen molar-refractivity contribution in [2.75, 3.05) is 26.8 Å². The molecule has 0 unspecified atom stereocenters. The van der Waals surface area contributed by atoms with Gasteiger partial charge < -0.3 is 10.1 Å². The first-order chi connectivity index (χ1) is 13.0. The van der Waals surface area contributed by atoms with Crippen molar-refractivity contribution >= 4 is 23.3 Å². The zero-order valence-corrected chi connectivity index (χ0v) is 18.4. The molecule has 0 spiro atoms. The quantitative estimate of drug-likeness (QED) is 0.553. The van der Waals surface area contributed by atoms with Crippen LogP contribution in [0.25, 0.3) is 22.0 Å². The molecule has 0 aliphatic heterocycles. The van der Waals surface area contributed by atoms with Crippen molar-refractivity contribution in [1.82, 2.24) is 15.1 Å². The van der Waals surface area contributed by atoms with E-state index in [1.807, 2.05) is 0 Å². The highest BCUT2D eigenvalue weighted by Crippen LogP contribution is 2.34. The molecule has 1 heterocycles. The van der Waals surface area contributed by atoms with Gasteiger partial charge in [-0.25, -0.2) is 0 Å². The summed E-state index contributed by atoms with van der Waals surface area (Å²) in [5.74, 6) is 0. The zero-order chi connectivity index (χ0) is 19.4. The highest BCUT2D eigenvalue weighted by Gasteiger charge is 2.15. The summed E-state index contributed by atoms with van der Waals surface area (Å²) in [6, 6.07) is 11.1. The summed E-state index contributed by atoms with van der Waals surface area (Å²) in [4.78, 5) is 0. The summed E-state index contributed by atoms with van der Waals surface area (Å²) in [6.45, 7) is 9.20. The predicted octanol–water partition coefficient (Wildman–Crippen LogP) is 4.76. The second-order valence-electron chi connectivity index (χ2n) is 7.39. The minimum absolute atomic E-state index is 0. The van der Waals surface area contributed by atoms with Crippen molar-refractivity contribution in [2.24, 2.45) is 7.05 Å². The Labute approximate surface area is 174 Å². The molecular weight excluding hydrogens is 370 g/mol. The normalized spacial score (nSPS) is 11.0. The number of aryl methyl sites for hydroxylation is 5. The van der Waals surface area contributed by atoms with Crippen LogP contribution in [0.3, 0.4) is 0 Å². The van der Waals surface area contributed by atoms with Crippen LogP contribution in [0.1, 0.15) is 28.8 Å². The lowest BCUT2D eigenvalue weighted by molar-refractivity contribution is 0.199. The number of aromatic nitrogens is 2. The number of hydrogen-bond donors (Lipinski definition) is 1. The molecule has 4 nitrogen and oxygen atoms in total. The van der Waals surface area contributed by atoms with E-state index < -0.39 is 0 Å². The summed E-state index contributed by atoms with van der Waals surface area (Å²) in [5, 5.41) is 9.59. The van der Waals surface area contributed by atoms with Crippen molar-refractivity contribution in [3.63, 3.8) is 0 Å². The van der Waals surface area contributed by atoms with Crippen LogP contribution < -0.4 is 5.32 Å². The fourth-order valence-corrected chi connectivity index (χ4v) is 4.05. The maximum absolute atomic E-state index is 5.08. The molecular formula is C23H32ClN3O. The second kappa shape index (κ2) is 10.1. The molecule has 5 heteroatoms. The van der Waals surface area contributed by atoms with Gasteiger partial charge in [0.15, 0.2) is 0 Å². The molecule has 3 rings (SSSR count). The number of methoxy groups -OCH3 is 1. The highest BCUT2D eigenvalue weighted by molar-refractivity contribution is 5.96. The van der Waals surface area contributed by atoms with Gasteiger partial charge >= 0.3 is 0 Å². The number of nitrogens with one attached hydrogen (secondary N) is 1. The van der Waals surface area contributed by atoms with Gasteiger partial charge in [-0.15, -0.1) is 12.4 Å². The third-order valence-electron chi connectivity index (χ3n) is 5.18. The summed E-state index contributed by atoms with van der Waals surface area (Å²) >= 11 is 0. The number of ether oxygens (including phenoxy) is 1. The second-order valence-corrected chi connectivity index (χ2v) is 7.39. The first-order valence-electron chi connectivity index (χ1n) is 9.75. The smallest absolute Gasteiger partial charge is 0.100 e. The summed E-state index contributed by atoms with van der Waals surface area (Å²) in [7, 11) is 3.80. The van der Waals surface area contributed by atoms with Crippen LogP contribution in [-0.2, 0) is 18.2 Å². The lowest BCUT2D eigenvalue weighted by Gasteiger charge is -2.12. The molecule has 0 amide bonds. The molecule has 0 atom stereocenters. The summed E-state index contributed by atoms with van der Waals surface area (Å²) < 4.78 is 7.13. The Hall–Kier alpha value is -1.88. The Morgan fingerprint density at radius 1 is 1.07 bits per heavy atom. The van der Waals surface area contributed by atoms with Gasteiger partial charge in [0.05, 0.1) is 6.61 Å². The Morgan fingerprint density at radius 2 is 1.79 bits per heavy atom. The summed E-state index contributed by atoms with van der Waals surface area (Å²) in [5.41, 5.74) is 8.91. The lowest BCUT2D eigenvalue weighted by atomic mass is 9.92. The molecule has 3 aromatic rings. The Bertz CT molecular complexity index is 910. The number of benzene rings is 2. The maximum Gasteiger partial charge on any atom is 0.100 e. The number of rotatable bonds is 8. The number of fused-ring (bicyclic) bond motifs is 1. The van der Waals surface area contributed by atoms with Crippen LogP contribution in [0, 0.1) is 20.8 Å². The fraction of sp³-hybridized carbons (Fsp3) is 0.435. The molecule has 152 valence electrons. The fourth-order valence-electron chi connectivity index (χ4n) is 4.05. The molecule has 0 fully saturated rings. The largest absolute Gasteiger partial charge is 0.383 e. The Morgan fingerprint density at radius 3 is 2.46 bits per heavy atom. The minimum Gasteiger partial charge on any atom is -0.383 e. The average Bonchev–Trinajstić information content (AvgIpc) is 2.93. The number of hydrogen-bond acceptors (Lipinski definition) is 3. The predicted molar refractivity (Wildman–Crippen MR) is 121 cm³/mol. The van der Waals surface area contributed by atoms with Gasteiger partial charge in [-0.05, 0) is 56.8 Å². The van der Waals surface area contributed by atoms with Gasteiger partial charge in [0.1, 0.15) is 5.52 Å². The van der Waals surface area contributed by atoms with Crippen LogP contribution in [-0.4, -0.2) is 36.6 Å². The summed E-state index contributed by atoms with van der Waals surface area (Å²) in [6.07, 6.45) is 2.10. The SMILES string of the molecule is COCCNCCCc1c2cccc(-c3c(C)cc(C)cc3C)c2nn1C.Cl. The van der Waals surface area contributed by atoms with Crippen LogP contribution >= 0.6 is 12.4 Å². The van der Waals surface area contributed by atoms with E-state index in [-0.39, 0.29) is 12.4 Å². The van der Waals surface area contributed by atoms with E-state index in [4.69, 9.17) is 9.84 Å². The Balaban J connectivity index is 0.00000280. The standard InChI is InChI=1S/C23H31N3O.ClH/c1-16-14-17(2)22(18(3)15-16)20-9-6-8-19-21(26(4)25-23(19)20)10-7-11-24-12-13-27-5;/h6,8-9,14-15,24H,7,10-13H2,1-5H3;1H. The van der Waals surface area contributed by atoms with E-state index in [0.717, 1.165) is 38.1 Å². The molecule has 0 saturated heterocycles. The van der Waals surface area contributed by atoms with Gasteiger partial charge in [-0.1, -0.05) is 35.9 Å². The first kappa shape index (κ1) is 22.4. The van der Waals surface area contributed by atoms with Crippen LogP contribution in [0.2, 0.25) is 0 Å². The topological polar surface area (TPSA) is 39.1 Å². The van der Waals surface area contributed by atoms with Gasteiger partial charge in [0.25, 0.3) is 0 Å². The molecule has 0 bridgehead atoms. The average molecular weight is 402 g/mol. The van der Waals surface area contributed by atoms with Gasteiger partial charge in [0.2, 0.25) is 0 Å². The molecule has 0 saturated carbocycles. The van der Waals surface area contributed by atoms with Crippen molar-refractivity contribution in [2.45, 2.75) is 33.6 Å². The molecule has 0 radical (unpaired) electrons. The van der Waals surface area contributed by atoms with Crippen molar-refractivity contribution in [3.05, 3.63) is 52.7 Å². The van der Waals surface area contributed by atoms with E-state index in [2.05, 4.69) is 68.1 Å². The molecule has 2 aromatic carbocycles. The number of nitrogens with zero attached hydrogens (tertiary/aromatic N) is 2. The zero-order valence-electron chi connectivity index (χ0n) is 17.6. The van der Waals surface area contributed by atoms with Gasteiger partial charge in [0, 0.05) is 37.3 Å². The molecule has 1 N–H and O–H groups in total. The first-order valence-corrected chi connectivity index (χ1v) is 9.75. The third-order valence-corrected chi connectivity index (χ3v) is 5.18. The van der Waals surface area contributed by atoms with Crippen molar-refractivity contribution < 1.29 is 4.74 Å². The monoisotopic (exact) mass is 401 g/mol. The highest BCUT2D eigenvalue weighted by atomic mass is 35.5. The maximum atomic E-state index is 5.08. The molecule has 28 heavy (non-hydrogen) atoms. The van der Waals surface area contributed by atoms with Crippen molar-refractivity contribution in [1.29, 1.82) is 0 Å². The number of halogens is 1. The lowest BCUT2D eigenvalue weighted by Crippen LogP contribution is -2.20. The van der Waals surface area contributed by atoms with Crippen molar-refractivity contribution in [3.8, 4) is 11.1 Å². The minimum atomic E-state index is 0. The van der Waals surface area contributed by atoms with E-state index >= 15 is 0 Å². The van der Waals surface area contributed by atoms with Crippen LogP contribution in [0.4, 0.5) is 0 Å². The van der Waals surface area contributed by atoms with E-state index in [1.165, 1.54) is 38.9 Å². The van der Waals surface area contributed by atoms with Gasteiger partial charge in [-0.2, -0.15) is 5.10 Å². The molecule has 1 aromatic heterocycles. The van der Waals surface area contributed by atoms with Gasteiger partial charge in [-0.3, -0.25) is 4.68 Å². The van der Waals surface area contributed by atoms with E-state index in [1.54, 1.807) is 7.11 Å². The third kappa shape index (κ3) is 4.75. The van der Waals surface area contributed by atoms with E-state index in [9.17, 15) is 0 Å². The van der Waals surface area contributed by atoms with E-state index in [0.29, 0.717) is 0 Å². The van der Waals surface area contributed by atoms with Crippen LogP contribution in [0.15, 0.2) is 30.3 Å². The molecule has 0 aliphatic rings. The Kier molecular flexibility index (Phi) is 8.05.